The Balaban J connectivity index is 2.10. The van der Waals surface area contributed by atoms with E-state index in [9.17, 15) is 0 Å². The zero-order valence-corrected chi connectivity index (χ0v) is 8.79. The molecule has 1 aliphatic rings. The monoisotopic (exact) mass is 191 g/mol. The second kappa shape index (κ2) is 4.01. The first kappa shape index (κ1) is 9.53. The third-order valence-electron chi connectivity index (χ3n) is 2.93. The van der Waals surface area contributed by atoms with Crippen molar-refractivity contribution >= 4 is 0 Å². The summed E-state index contributed by atoms with van der Waals surface area (Å²) < 4.78 is 5.35. The standard InChI is InChI=1S/C12H17NO/c1-13-8-9-7-11(9)10-5-3-4-6-12(10)14-2/h3-6,9,11,13H,7-8H2,1-2H3/t9-,11+/m1/s1. The second-order valence-electron chi connectivity index (χ2n) is 3.90. The lowest BCUT2D eigenvalue weighted by Gasteiger charge is -2.07. The molecule has 0 saturated heterocycles. The molecule has 0 heterocycles. The molecular formula is C12H17NO. The van der Waals surface area contributed by atoms with E-state index >= 15 is 0 Å². The van der Waals surface area contributed by atoms with Gasteiger partial charge in [0.25, 0.3) is 0 Å². The van der Waals surface area contributed by atoms with E-state index in [1.807, 2.05) is 19.2 Å². The minimum absolute atomic E-state index is 0.707. The van der Waals surface area contributed by atoms with Crippen molar-refractivity contribution in [2.45, 2.75) is 12.3 Å². The Hall–Kier alpha value is -1.02. The molecule has 1 saturated carbocycles. The molecule has 1 aromatic rings. The summed E-state index contributed by atoms with van der Waals surface area (Å²) in [4.78, 5) is 0. The largest absolute Gasteiger partial charge is 0.496 e. The Morgan fingerprint density at radius 1 is 1.43 bits per heavy atom. The van der Waals surface area contributed by atoms with Crippen molar-refractivity contribution in [3.05, 3.63) is 29.8 Å². The number of para-hydroxylation sites is 1. The summed E-state index contributed by atoms with van der Waals surface area (Å²) in [5.74, 6) is 2.55. The highest BCUT2D eigenvalue weighted by Crippen LogP contribution is 2.49. The van der Waals surface area contributed by atoms with E-state index in [1.54, 1.807) is 7.11 Å². The molecule has 2 heteroatoms. The maximum Gasteiger partial charge on any atom is 0.122 e. The van der Waals surface area contributed by atoms with Crippen LogP contribution in [0.15, 0.2) is 24.3 Å². The minimum atomic E-state index is 0.707. The third kappa shape index (κ3) is 1.75. The molecular weight excluding hydrogens is 174 g/mol. The summed E-state index contributed by atoms with van der Waals surface area (Å²) in [5, 5.41) is 3.23. The predicted molar refractivity (Wildman–Crippen MR) is 57.8 cm³/mol. The highest BCUT2D eigenvalue weighted by molar-refractivity contribution is 5.39. The number of hydrogen-bond donors (Lipinski definition) is 1. The van der Waals surface area contributed by atoms with Crippen molar-refractivity contribution in [2.24, 2.45) is 5.92 Å². The Kier molecular flexibility index (Phi) is 2.73. The van der Waals surface area contributed by atoms with E-state index in [4.69, 9.17) is 4.74 Å². The summed E-state index contributed by atoms with van der Waals surface area (Å²) in [6.07, 6.45) is 1.29. The first-order chi connectivity index (χ1) is 6.86. The van der Waals surface area contributed by atoms with Crippen molar-refractivity contribution in [3.8, 4) is 5.75 Å². The average molecular weight is 191 g/mol. The fraction of sp³-hybridized carbons (Fsp3) is 0.500. The summed E-state index contributed by atoms with van der Waals surface area (Å²) in [5.41, 5.74) is 1.37. The molecule has 1 aromatic carbocycles. The maximum absolute atomic E-state index is 5.35. The number of hydrogen-bond acceptors (Lipinski definition) is 2. The van der Waals surface area contributed by atoms with Gasteiger partial charge in [-0.05, 0) is 43.5 Å². The fourth-order valence-corrected chi connectivity index (χ4v) is 2.09. The van der Waals surface area contributed by atoms with E-state index < -0.39 is 0 Å². The van der Waals surface area contributed by atoms with Gasteiger partial charge in [0.05, 0.1) is 7.11 Å². The molecule has 2 nitrogen and oxygen atoms in total. The Morgan fingerprint density at radius 3 is 2.93 bits per heavy atom. The number of methoxy groups -OCH3 is 1. The highest BCUT2D eigenvalue weighted by atomic mass is 16.5. The molecule has 0 bridgehead atoms. The zero-order valence-electron chi connectivity index (χ0n) is 8.79. The molecule has 0 radical (unpaired) electrons. The predicted octanol–water partition coefficient (Wildman–Crippen LogP) is 2.02. The van der Waals surface area contributed by atoms with Gasteiger partial charge in [-0.2, -0.15) is 0 Å². The maximum atomic E-state index is 5.35. The number of benzene rings is 1. The van der Waals surface area contributed by atoms with Gasteiger partial charge in [0.15, 0.2) is 0 Å². The molecule has 1 fully saturated rings. The van der Waals surface area contributed by atoms with Gasteiger partial charge in [0.2, 0.25) is 0 Å². The Bertz CT molecular complexity index is 311. The lowest BCUT2D eigenvalue weighted by atomic mass is 10.1. The van der Waals surface area contributed by atoms with Gasteiger partial charge >= 0.3 is 0 Å². The Labute approximate surface area is 85.3 Å². The van der Waals surface area contributed by atoms with E-state index in [0.29, 0.717) is 5.92 Å². The zero-order chi connectivity index (χ0) is 9.97. The molecule has 2 rings (SSSR count). The highest BCUT2D eigenvalue weighted by Gasteiger charge is 2.38. The molecule has 0 aromatic heterocycles. The Morgan fingerprint density at radius 2 is 2.21 bits per heavy atom. The van der Waals surface area contributed by atoms with Gasteiger partial charge in [-0.25, -0.2) is 0 Å². The van der Waals surface area contributed by atoms with Crippen molar-refractivity contribution in [1.29, 1.82) is 0 Å². The van der Waals surface area contributed by atoms with E-state index in [2.05, 4.69) is 17.4 Å². The summed E-state index contributed by atoms with van der Waals surface area (Å²) in [6, 6.07) is 8.34. The van der Waals surface area contributed by atoms with Crippen LogP contribution in [0.5, 0.6) is 5.75 Å². The summed E-state index contributed by atoms with van der Waals surface area (Å²) in [6.45, 7) is 1.11. The van der Waals surface area contributed by atoms with E-state index in [-0.39, 0.29) is 0 Å². The van der Waals surface area contributed by atoms with Gasteiger partial charge in [0.1, 0.15) is 5.75 Å². The molecule has 1 aliphatic carbocycles. The average Bonchev–Trinajstić information content (AvgIpc) is 2.98. The van der Waals surface area contributed by atoms with Crippen molar-refractivity contribution in [1.82, 2.24) is 5.32 Å². The molecule has 0 aliphatic heterocycles. The minimum Gasteiger partial charge on any atom is -0.496 e. The van der Waals surface area contributed by atoms with E-state index in [1.165, 1.54) is 12.0 Å². The fourth-order valence-electron chi connectivity index (χ4n) is 2.09. The van der Waals surface area contributed by atoms with Crippen LogP contribution >= 0.6 is 0 Å². The van der Waals surface area contributed by atoms with Crippen molar-refractivity contribution in [3.63, 3.8) is 0 Å². The topological polar surface area (TPSA) is 21.3 Å². The van der Waals surface area contributed by atoms with Crippen LogP contribution in [-0.4, -0.2) is 20.7 Å². The van der Waals surface area contributed by atoms with Gasteiger partial charge in [0, 0.05) is 0 Å². The van der Waals surface area contributed by atoms with Crippen LogP contribution in [-0.2, 0) is 0 Å². The van der Waals surface area contributed by atoms with Crippen molar-refractivity contribution < 1.29 is 4.74 Å². The van der Waals surface area contributed by atoms with Gasteiger partial charge < -0.3 is 10.1 Å². The molecule has 1 N–H and O–H groups in total. The number of nitrogens with one attached hydrogen (secondary N) is 1. The van der Waals surface area contributed by atoms with Crippen LogP contribution in [0.1, 0.15) is 17.9 Å². The number of ether oxygens (including phenoxy) is 1. The van der Waals surface area contributed by atoms with Crippen molar-refractivity contribution in [2.75, 3.05) is 20.7 Å². The van der Waals surface area contributed by atoms with Gasteiger partial charge in [-0.3, -0.25) is 0 Å². The molecule has 14 heavy (non-hydrogen) atoms. The normalized spacial score (nSPS) is 24.7. The van der Waals surface area contributed by atoms with Crippen LogP contribution in [0.4, 0.5) is 0 Å². The molecule has 2 atom stereocenters. The van der Waals surface area contributed by atoms with Crippen LogP contribution in [0.2, 0.25) is 0 Å². The van der Waals surface area contributed by atoms with Crippen LogP contribution < -0.4 is 10.1 Å². The second-order valence-corrected chi connectivity index (χ2v) is 3.90. The SMILES string of the molecule is CNC[C@H]1C[C@@H]1c1ccccc1OC. The molecule has 76 valence electrons. The van der Waals surface area contributed by atoms with Crippen LogP contribution in [0.3, 0.4) is 0 Å². The quantitative estimate of drug-likeness (QED) is 0.786. The number of rotatable bonds is 4. The van der Waals surface area contributed by atoms with Crippen LogP contribution in [0, 0.1) is 5.92 Å². The summed E-state index contributed by atoms with van der Waals surface area (Å²) in [7, 11) is 3.76. The van der Waals surface area contributed by atoms with Gasteiger partial charge in [-0.1, -0.05) is 18.2 Å². The van der Waals surface area contributed by atoms with Crippen LogP contribution in [0.25, 0.3) is 0 Å². The molecule has 0 unspecified atom stereocenters. The third-order valence-corrected chi connectivity index (χ3v) is 2.93. The smallest absolute Gasteiger partial charge is 0.122 e. The van der Waals surface area contributed by atoms with Gasteiger partial charge in [-0.15, -0.1) is 0 Å². The lowest BCUT2D eigenvalue weighted by Crippen LogP contribution is -2.10. The molecule has 0 spiro atoms. The van der Waals surface area contributed by atoms with E-state index in [0.717, 1.165) is 18.2 Å². The first-order valence-corrected chi connectivity index (χ1v) is 5.14. The lowest BCUT2D eigenvalue weighted by molar-refractivity contribution is 0.409. The molecule has 0 amide bonds. The summed E-state index contributed by atoms with van der Waals surface area (Å²) >= 11 is 0. The first-order valence-electron chi connectivity index (χ1n) is 5.14.